The molecule has 10 heavy (non-hydrogen) atoms. The second kappa shape index (κ2) is 16.3. The first kappa shape index (κ1) is 22.4. The van der Waals surface area contributed by atoms with E-state index in [0.29, 0.717) is 0 Å². The van der Waals surface area contributed by atoms with Crippen LogP contribution >= 0.6 is 24.8 Å². The molecule has 0 aromatic heterocycles. The van der Waals surface area contributed by atoms with Gasteiger partial charge in [0.1, 0.15) is 0 Å². The van der Waals surface area contributed by atoms with Crippen LogP contribution in [-0.2, 0) is 26.2 Å². The minimum absolute atomic E-state index is 0. The fraction of sp³-hybridized carbons (Fsp3) is 0. The number of hydrogen-bond acceptors (Lipinski definition) is 0. The zero-order valence-corrected chi connectivity index (χ0v) is 9.37. The molecule has 0 aliphatic carbocycles. The van der Waals surface area contributed by atoms with Crippen LogP contribution in [0.15, 0.2) is 30.3 Å². The van der Waals surface area contributed by atoms with Crippen molar-refractivity contribution in [3.05, 3.63) is 42.5 Å². The minimum atomic E-state index is 0. The summed E-state index contributed by atoms with van der Waals surface area (Å²) in [4.78, 5) is 0. The Hall–Kier alpha value is 0.643. The van der Waals surface area contributed by atoms with E-state index in [-0.39, 0.29) is 57.2 Å². The van der Waals surface area contributed by atoms with Gasteiger partial charge in [0, 0.05) is 0 Å². The van der Waals surface area contributed by atoms with Gasteiger partial charge in [-0.15, -0.1) is 24.8 Å². The van der Waals surface area contributed by atoms with Gasteiger partial charge in [-0.25, -0.2) is 0 Å². The number of halogens is 2. The van der Waals surface area contributed by atoms with Gasteiger partial charge in [-0.05, 0) is 0 Å². The van der Waals surface area contributed by atoms with Gasteiger partial charge < -0.3 is 6.15 Å². The molecular formula is C6H9Cl2NZr. The Bertz CT molecular complexity index is 87.7. The van der Waals surface area contributed by atoms with Crippen LogP contribution in [0.3, 0.4) is 0 Å². The zero-order chi connectivity index (χ0) is 4.24. The Kier molecular flexibility index (Phi) is 36.6. The average molecular weight is 257 g/mol. The van der Waals surface area contributed by atoms with Gasteiger partial charge >= 0.3 is 26.2 Å². The molecule has 0 heterocycles. The van der Waals surface area contributed by atoms with E-state index in [4.69, 9.17) is 0 Å². The maximum Gasteiger partial charge on any atom is 2.00 e. The van der Waals surface area contributed by atoms with Crippen LogP contribution in [0, 0.1) is 6.07 Å². The molecule has 0 fully saturated rings. The predicted octanol–water partition coefficient (Wildman–Crippen LogP) is 3.04. The summed E-state index contributed by atoms with van der Waals surface area (Å²) in [6, 6.07) is 12.5. The van der Waals surface area contributed by atoms with Crippen molar-refractivity contribution in [2.45, 2.75) is 0 Å². The quantitative estimate of drug-likeness (QED) is 0.640. The van der Waals surface area contributed by atoms with Crippen LogP contribution < -0.4 is 0 Å². The van der Waals surface area contributed by atoms with Gasteiger partial charge in [0.25, 0.3) is 0 Å². The molecule has 1 aromatic carbocycles. The molecule has 0 radical (unpaired) electrons. The summed E-state index contributed by atoms with van der Waals surface area (Å²) in [5, 5.41) is 0. The van der Waals surface area contributed by atoms with Gasteiger partial charge in [0.2, 0.25) is 0 Å². The van der Waals surface area contributed by atoms with Gasteiger partial charge in [0.15, 0.2) is 0 Å². The van der Waals surface area contributed by atoms with Crippen molar-refractivity contribution in [2.24, 2.45) is 0 Å². The molecule has 56 valence electrons. The second-order valence-electron chi connectivity index (χ2n) is 1.08. The Morgan fingerprint density at radius 3 is 1.30 bits per heavy atom. The number of nitrogens with two attached hydrogens (primary N) is 1. The molecule has 0 saturated carbocycles. The molecule has 0 bridgehead atoms. The summed E-state index contributed by atoms with van der Waals surface area (Å²) >= 11 is 0. The van der Waals surface area contributed by atoms with Crippen molar-refractivity contribution in [3.63, 3.8) is 0 Å². The van der Waals surface area contributed by atoms with Crippen LogP contribution in [-0.4, -0.2) is 0 Å². The monoisotopic (exact) mass is 255 g/mol. The minimum Gasteiger partial charge on any atom is -0.693 e. The number of benzene rings is 1. The van der Waals surface area contributed by atoms with E-state index in [2.05, 4.69) is 6.07 Å². The second-order valence-corrected chi connectivity index (χ2v) is 1.08. The Morgan fingerprint density at radius 2 is 1.20 bits per heavy atom. The molecule has 0 unspecified atom stereocenters. The first-order valence-corrected chi connectivity index (χ1v) is 1.91. The van der Waals surface area contributed by atoms with Crippen LogP contribution in [0.5, 0.6) is 0 Å². The Balaban J connectivity index is -0.0000000450. The van der Waals surface area contributed by atoms with Gasteiger partial charge in [-0.2, -0.15) is 36.4 Å². The van der Waals surface area contributed by atoms with E-state index in [0.717, 1.165) is 0 Å². The van der Waals surface area contributed by atoms with Crippen molar-refractivity contribution in [2.75, 3.05) is 0 Å². The van der Waals surface area contributed by atoms with Crippen LogP contribution in [0.25, 0.3) is 6.15 Å². The Morgan fingerprint density at radius 1 is 0.800 bits per heavy atom. The number of hydrogen-bond donors (Lipinski definition) is 0. The van der Waals surface area contributed by atoms with Crippen molar-refractivity contribution in [3.8, 4) is 0 Å². The van der Waals surface area contributed by atoms with Crippen molar-refractivity contribution in [1.82, 2.24) is 0 Å². The molecule has 0 aliphatic rings. The molecule has 0 spiro atoms. The average Bonchev–Trinajstić information content (AvgIpc) is 1.72. The molecule has 1 rings (SSSR count). The van der Waals surface area contributed by atoms with Crippen molar-refractivity contribution < 1.29 is 26.2 Å². The van der Waals surface area contributed by atoms with Crippen molar-refractivity contribution >= 4 is 24.8 Å². The van der Waals surface area contributed by atoms with Crippen LogP contribution in [0.4, 0.5) is 0 Å². The third-order valence-electron chi connectivity index (χ3n) is 0.607. The molecule has 1 aromatic rings. The molecule has 0 aliphatic heterocycles. The van der Waals surface area contributed by atoms with Gasteiger partial charge in [-0.3, -0.25) is 0 Å². The van der Waals surface area contributed by atoms with E-state index >= 15 is 0 Å². The molecule has 2 N–H and O–H groups in total. The summed E-state index contributed by atoms with van der Waals surface area (Å²) in [5.74, 6) is 0. The fourth-order valence-electron chi connectivity index (χ4n) is 0.342. The summed E-state index contributed by atoms with van der Waals surface area (Å²) < 4.78 is 0. The maximum atomic E-state index is 2.89. The summed E-state index contributed by atoms with van der Waals surface area (Å²) in [7, 11) is 0. The van der Waals surface area contributed by atoms with E-state index in [1.807, 2.05) is 30.3 Å². The molecule has 4 heteroatoms. The first-order chi connectivity index (χ1) is 3.00. The van der Waals surface area contributed by atoms with Crippen LogP contribution in [0.1, 0.15) is 0 Å². The zero-order valence-electron chi connectivity index (χ0n) is 5.28. The summed E-state index contributed by atoms with van der Waals surface area (Å²) in [6.45, 7) is 0. The molecule has 0 amide bonds. The van der Waals surface area contributed by atoms with Crippen LogP contribution in [0.2, 0.25) is 0 Å². The summed E-state index contributed by atoms with van der Waals surface area (Å²) in [6.07, 6.45) is 0. The largest absolute Gasteiger partial charge is 2.00 e. The SMILES string of the molecule is Cl.Cl.[NH2-].[Zr+2].[c-]1ccccc1. The smallest absolute Gasteiger partial charge is 0.693 e. The fourth-order valence-corrected chi connectivity index (χ4v) is 0.342. The molecule has 0 atom stereocenters. The van der Waals surface area contributed by atoms with Gasteiger partial charge in [-0.1, -0.05) is 0 Å². The van der Waals surface area contributed by atoms with E-state index < -0.39 is 0 Å². The third-order valence-corrected chi connectivity index (χ3v) is 0.607. The summed E-state index contributed by atoms with van der Waals surface area (Å²) in [5.41, 5.74) is 0. The van der Waals surface area contributed by atoms with Crippen molar-refractivity contribution in [1.29, 1.82) is 0 Å². The molecule has 0 saturated heterocycles. The normalized spacial score (nSPS) is 4.80. The third kappa shape index (κ3) is 11.4. The predicted molar refractivity (Wildman–Crippen MR) is 45.1 cm³/mol. The number of rotatable bonds is 0. The topological polar surface area (TPSA) is 33.5 Å². The Labute approximate surface area is 93.1 Å². The van der Waals surface area contributed by atoms with E-state index in [1.54, 1.807) is 0 Å². The maximum absolute atomic E-state index is 2.89. The van der Waals surface area contributed by atoms with E-state index in [9.17, 15) is 0 Å². The standard InChI is InChI=1S/C6H5.2ClH.H2N.Zr/c1-2-4-6-5-3-1;;;;/h1-5H;2*1H;1H2;/q-1;;;-1;+2. The van der Waals surface area contributed by atoms with Gasteiger partial charge in [0.05, 0.1) is 0 Å². The molecular weight excluding hydrogens is 248 g/mol. The van der Waals surface area contributed by atoms with E-state index in [1.165, 1.54) is 0 Å². The first-order valence-electron chi connectivity index (χ1n) is 1.91. The molecule has 1 nitrogen and oxygen atoms in total.